The van der Waals surface area contributed by atoms with Crippen LogP contribution in [0.5, 0.6) is 5.75 Å². The number of ether oxygens (including phenoxy) is 1. The minimum absolute atomic E-state index is 0.0268. The van der Waals surface area contributed by atoms with Crippen molar-refractivity contribution in [2.45, 2.75) is 4.90 Å². The van der Waals surface area contributed by atoms with E-state index in [-0.39, 0.29) is 23.6 Å². The van der Waals surface area contributed by atoms with Gasteiger partial charge in [0.25, 0.3) is 0 Å². The third kappa shape index (κ3) is 4.55. The fourth-order valence-corrected chi connectivity index (χ4v) is 2.90. The molecular weight excluding hydrogens is 330 g/mol. The number of carbonyl (C=O) groups excluding carboxylic acids is 1. The van der Waals surface area contributed by atoms with Crippen molar-refractivity contribution in [2.75, 3.05) is 13.2 Å². The van der Waals surface area contributed by atoms with Crippen LogP contribution in [0.4, 0.5) is 0 Å². The molecule has 0 aromatic heterocycles. The van der Waals surface area contributed by atoms with Crippen molar-refractivity contribution in [3.8, 4) is 11.8 Å². The predicted molar refractivity (Wildman–Crippen MR) is 86.8 cm³/mol. The zero-order chi connectivity index (χ0) is 17.6. The molecule has 2 aromatic rings. The molecular formula is C16H15N3O4S. The Morgan fingerprint density at radius 1 is 1.21 bits per heavy atom. The Labute approximate surface area is 139 Å². The van der Waals surface area contributed by atoms with Gasteiger partial charge >= 0.3 is 0 Å². The number of hydrogen-bond acceptors (Lipinski definition) is 5. The molecule has 0 aliphatic rings. The first-order valence-corrected chi connectivity index (χ1v) is 8.43. The van der Waals surface area contributed by atoms with Gasteiger partial charge in [-0.2, -0.15) is 5.26 Å². The summed E-state index contributed by atoms with van der Waals surface area (Å²) in [6.07, 6.45) is 0. The number of nitrogens with zero attached hydrogens (tertiary/aromatic N) is 1. The number of benzene rings is 2. The number of amides is 1. The van der Waals surface area contributed by atoms with E-state index in [9.17, 15) is 13.2 Å². The lowest BCUT2D eigenvalue weighted by molar-refractivity contribution is 0.1000. The first-order valence-electron chi connectivity index (χ1n) is 6.95. The summed E-state index contributed by atoms with van der Waals surface area (Å²) in [4.78, 5) is 11.0. The lowest BCUT2D eigenvalue weighted by Crippen LogP contribution is -2.28. The second kappa shape index (κ2) is 7.59. The SMILES string of the molecule is N#Cc1cccc(OCCNS(=O)(=O)c2ccc(C(N)=O)cc2)c1. The maximum atomic E-state index is 12.1. The molecule has 1 amide bonds. The van der Waals surface area contributed by atoms with Crippen LogP contribution in [-0.2, 0) is 10.0 Å². The first-order chi connectivity index (χ1) is 11.4. The molecule has 0 unspecified atom stereocenters. The number of carbonyl (C=O) groups is 1. The summed E-state index contributed by atoms with van der Waals surface area (Å²) >= 11 is 0. The molecule has 7 nitrogen and oxygen atoms in total. The molecule has 0 bridgehead atoms. The summed E-state index contributed by atoms with van der Waals surface area (Å²) in [5, 5.41) is 8.79. The summed E-state index contributed by atoms with van der Waals surface area (Å²) in [6.45, 7) is 0.157. The van der Waals surface area contributed by atoms with Gasteiger partial charge in [0.15, 0.2) is 0 Å². The Hall–Kier alpha value is -2.89. The molecule has 0 spiro atoms. The van der Waals surface area contributed by atoms with Gasteiger partial charge in [0.1, 0.15) is 12.4 Å². The van der Waals surface area contributed by atoms with E-state index >= 15 is 0 Å². The first kappa shape index (κ1) is 17.5. The van der Waals surface area contributed by atoms with Crippen LogP contribution in [0.15, 0.2) is 53.4 Å². The molecule has 0 atom stereocenters. The molecule has 0 saturated heterocycles. The van der Waals surface area contributed by atoms with Crippen molar-refractivity contribution < 1.29 is 17.9 Å². The molecule has 124 valence electrons. The summed E-state index contributed by atoms with van der Waals surface area (Å²) < 4.78 is 32.0. The molecule has 0 fully saturated rings. The molecule has 2 aromatic carbocycles. The Bertz CT molecular complexity index is 871. The maximum Gasteiger partial charge on any atom is 0.248 e. The van der Waals surface area contributed by atoms with Crippen LogP contribution in [0.2, 0.25) is 0 Å². The minimum atomic E-state index is -3.70. The van der Waals surface area contributed by atoms with Crippen LogP contribution < -0.4 is 15.2 Å². The highest BCUT2D eigenvalue weighted by molar-refractivity contribution is 7.89. The zero-order valence-corrected chi connectivity index (χ0v) is 13.4. The summed E-state index contributed by atoms with van der Waals surface area (Å²) in [6, 6.07) is 13.9. The van der Waals surface area contributed by atoms with Crippen LogP contribution in [0, 0.1) is 11.3 Å². The van der Waals surface area contributed by atoms with Gasteiger partial charge in [-0.05, 0) is 42.5 Å². The molecule has 2 rings (SSSR count). The Morgan fingerprint density at radius 3 is 2.54 bits per heavy atom. The van der Waals surface area contributed by atoms with Crippen LogP contribution in [0.3, 0.4) is 0 Å². The van der Waals surface area contributed by atoms with Gasteiger partial charge in [-0.3, -0.25) is 4.79 Å². The number of sulfonamides is 1. The Kier molecular flexibility index (Phi) is 5.52. The largest absolute Gasteiger partial charge is 0.492 e. The highest BCUT2D eigenvalue weighted by atomic mass is 32.2. The smallest absolute Gasteiger partial charge is 0.248 e. The number of primary amides is 1. The maximum absolute atomic E-state index is 12.1. The molecule has 8 heteroatoms. The highest BCUT2D eigenvalue weighted by Gasteiger charge is 2.13. The van der Waals surface area contributed by atoms with Gasteiger partial charge in [-0.1, -0.05) is 6.07 Å². The van der Waals surface area contributed by atoms with E-state index in [1.807, 2.05) is 6.07 Å². The van der Waals surface area contributed by atoms with Gasteiger partial charge in [0.2, 0.25) is 15.9 Å². The molecule has 0 radical (unpaired) electrons. The monoisotopic (exact) mass is 345 g/mol. The topological polar surface area (TPSA) is 122 Å². The molecule has 0 heterocycles. The van der Waals surface area contributed by atoms with Crippen molar-refractivity contribution in [1.82, 2.24) is 4.72 Å². The zero-order valence-electron chi connectivity index (χ0n) is 12.6. The summed E-state index contributed by atoms with van der Waals surface area (Å²) in [5.41, 5.74) is 5.80. The standard InChI is InChI=1S/C16H15N3O4S/c17-11-12-2-1-3-14(10-12)23-9-8-19-24(21,22)15-6-4-13(5-7-15)16(18)20/h1-7,10,19H,8-9H2,(H2,18,20). The van der Waals surface area contributed by atoms with E-state index < -0.39 is 15.9 Å². The number of rotatable bonds is 7. The fourth-order valence-electron chi connectivity index (χ4n) is 1.88. The molecule has 24 heavy (non-hydrogen) atoms. The van der Waals surface area contributed by atoms with Crippen molar-refractivity contribution >= 4 is 15.9 Å². The number of nitrogens with one attached hydrogen (secondary N) is 1. The van der Waals surface area contributed by atoms with Crippen molar-refractivity contribution in [3.63, 3.8) is 0 Å². The Morgan fingerprint density at radius 2 is 1.92 bits per heavy atom. The molecule has 0 aliphatic carbocycles. The van der Waals surface area contributed by atoms with E-state index in [2.05, 4.69) is 4.72 Å². The van der Waals surface area contributed by atoms with E-state index in [0.717, 1.165) is 0 Å². The van der Waals surface area contributed by atoms with Gasteiger partial charge < -0.3 is 10.5 Å². The third-order valence-electron chi connectivity index (χ3n) is 3.08. The van der Waals surface area contributed by atoms with Crippen molar-refractivity contribution in [1.29, 1.82) is 5.26 Å². The van der Waals surface area contributed by atoms with Crippen molar-refractivity contribution in [3.05, 3.63) is 59.7 Å². The van der Waals surface area contributed by atoms with E-state index in [1.165, 1.54) is 24.3 Å². The highest BCUT2D eigenvalue weighted by Crippen LogP contribution is 2.13. The predicted octanol–water partition coefficient (Wildman–Crippen LogP) is 1.01. The summed E-state index contributed by atoms with van der Waals surface area (Å²) in [5.74, 6) is -0.140. The van der Waals surface area contributed by atoms with E-state index in [1.54, 1.807) is 24.3 Å². The van der Waals surface area contributed by atoms with E-state index in [4.69, 9.17) is 15.7 Å². The number of nitrogens with two attached hydrogens (primary N) is 1. The van der Waals surface area contributed by atoms with Crippen LogP contribution in [0.25, 0.3) is 0 Å². The van der Waals surface area contributed by atoms with Gasteiger partial charge in [-0.15, -0.1) is 0 Å². The fraction of sp³-hybridized carbons (Fsp3) is 0.125. The normalized spacial score (nSPS) is 10.8. The average Bonchev–Trinajstić information content (AvgIpc) is 2.59. The lowest BCUT2D eigenvalue weighted by atomic mass is 10.2. The third-order valence-corrected chi connectivity index (χ3v) is 4.55. The van der Waals surface area contributed by atoms with Gasteiger partial charge in [0, 0.05) is 12.1 Å². The van der Waals surface area contributed by atoms with Crippen LogP contribution in [0.1, 0.15) is 15.9 Å². The molecule has 0 saturated carbocycles. The average molecular weight is 345 g/mol. The molecule has 0 aliphatic heterocycles. The van der Waals surface area contributed by atoms with E-state index in [0.29, 0.717) is 11.3 Å². The number of nitriles is 1. The van der Waals surface area contributed by atoms with Crippen molar-refractivity contribution in [2.24, 2.45) is 5.73 Å². The van der Waals surface area contributed by atoms with Crippen LogP contribution >= 0.6 is 0 Å². The summed E-state index contributed by atoms with van der Waals surface area (Å²) in [7, 11) is -3.70. The molecule has 3 N–H and O–H groups in total. The lowest BCUT2D eigenvalue weighted by Gasteiger charge is -2.09. The Balaban J connectivity index is 1.90. The second-order valence-electron chi connectivity index (χ2n) is 4.77. The van der Waals surface area contributed by atoms with Gasteiger partial charge in [0.05, 0.1) is 16.5 Å². The van der Waals surface area contributed by atoms with Crippen LogP contribution in [-0.4, -0.2) is 27.5 Å². The minimum Gasteiger partial charge on any atom is -0.492 e. The second-order valence-corrected chi connectivity index (χ2v) is 6.54. The number of hydrogen-bond donors (Lipinski definition) is 2. The quantitative estimate of drug-likeness (QED) is 0.725. The van der Waals surface area contributed by atoms with Gasteiger partial charge in [-0.25, -0.2) is 13.1 Å².